The maximum Gasteiger partial charge on any atom is -0.00179 e. The van der Waals surface area contributed by atoms with Gasteiger partial charge in [-0.1, -0.05) is 60.1 Å². The average Bonchev–Trinajstić information content (AvgIpc) is 2.06. The third-order valence-electron chi connectivity index (χ3n) is 1.66. The van der Waals surface area contributed by atoms with Crippen molar-refractivity contribution in [1.29, 1.82) is 0 Å². The van der Waals surface area contributed by atoms with E-state index >= 15 is 0 Å². The zero-order valence-electron chi connectivity index (χ0n) is 7.42. The van der Waals surface area contributed by atoms with Gasteiger partial charge in [0.25, 0.3) is 0 Å². The molecule has 1 aromatic rings. The molecule has 0 spiro atoms. The predicted molar refractivity (Wildman–Crippen MR) is 58.2 cm³/mol. The highest BCUT2D eigenvalue weighted by atomic mass is 79.9. The fraction of sp³-hybridized carbons (Fsp3) is 0.273. The maximum absolute atomic E-state index is 3.54. The van der Waals surface area contributed by atoms with E-state index < -0.39 is 0 Å². The number of rotatable bonds is 2. The van der Waals surface area contributed by atoms with Crippen molar-refractivity contribution < 1.29 is 0 Å². The number of hydrogen-bond donors (Lipinski definition) is 0. The smallest absolute Gasteiger partial charge is 0.00179 e. The van der Waals surface area contributed by atoms with E-state index in [4.69, 9.17) is 0 Å². The van der Waals surface area contributed by atoms with Gasteiger partial charge in [0, 0.05) is 0 Å². The van der Waals surface area contributed by atoms with Gasteiger partial charge in [-0.2, -0.15) is 0 Å². The fourth-order valence-corrected chi connectivity index (χ4v) is 1.14. The first-order valence-corrected chi connectivity index (χ1v) is 4.91. The van der Waals surface area contributed by atoms with Gasteiger partial charge in [-0.05, 0) is 22.0 Å². The van der Waals surface area contributed by atoms with Crippen molar-refractivity contribution in [2.24, 2.45) is 5.92 Å². The SMILES string of the molecule is CC(C)/C(Br)=C/c1ccccc1. The molecule has 0 N–H and O–H groups in total. The van der Waals surface area contributed by atoms with Gasteiger partial charge >= 0.3 is 0 Å². The molecule has 0 heterocycles. The standard InChI is InChI=1S/C11H13Br/c1-9(2)11(12)8-10-6-4-3-5-7-10/h3-9H,1-2H3/b11-8-. The number of benzene rings is 1. The predicted octanol–water partition coefficient (Wildman–Crippen LogP) is 4.08. The molecule has 0 aliphatic carbocycles. The zero-order chi connectivity index (χ0) is 8.97. The van der Waals surface area contributed by atoms with Crippen LogP contribution >= 0.6 is 15.9 Å². The minimum atomic E-state index is 0.560. The molecule has 0 aliphatic rings. The molecule has 12 heavy (non-hydrogen) atoms. The largest absolute Gasteiger partial charge is 0.0622 e. The second-order valence-electron chi connectivity index (χ2n) is 3.09. The van der Waals surface area contributed by atoms with Crippen molar-refractivity contribution in [3.63, 3.8) is 0 Å². The molecule has 0 atom stereocenters. The molecule has 1 heteroatoms. The summed E-state index contributed by atoms with van der Waals surface area (Å²) in [6.45, 7) is 4.34. The van der Waals surface area contributed by atoms with E-state index in [-0.39, 0.29) is 0 Å². The third-order valence-corrected chi connectivity index (χ3v) is 2.80. The summed E-state index contributed by atoms with van der Waals surface area (Å²) in [7, 11) is 0. The van der Waals surface area contributed by atoms with Crippen molar-refractivity contribution in [3.8, 4) is 0 Å². The topological polar surface area (TPSA) is 0 Å². The molecular weight excluding hydrogens is 212 g/mol. The normalized spacial score (nSPS) is 12.2. The molecule has 0 saturated carbocycles. The van der Waals surface area contributed by atoms with Crippen LogP contribution in [0.3, 0.4) is 0 Å². The highest BCUT2D eigenvalue weighted by Crippen LogP contribution is 2.19. The summed E-state index contributed by atoms with van der Waals surface area (Å²) < 4.78 is 1.24. The van der Waals surface area contributed by atoms with Crippen LogP contribution in [0.15, 0.2) is 34.8 Å². The molecular formula is C11H13Br. The molecule has 1 aromatic carbocycles. The second-order valence-corrected chi connectivity index (χ2v) is 4.01. The molecule has 64 valence electrons. The van der Waals surface area contributed by atoms with Gasteiger partial charge in [-0.3, -0.25) is 0 Å². The van der Waals surface area contributed by atoms with E-state index in [1.54, 1.807) is 0 Å². The van der Waals surface area contributed by atoms with Gasteiger partial charge < -0.3 is 0 Å². The van der Waals surface area contributed by atoms with Crippen LogP contribution in [0.1, 0.15) is 19.4 Å². The van der Waals surface area contributed by atoms with E-state index in [1.165, 1.54) is 10.0 Å². The molecule has 0 amide bonds. The zero-order valence-corrected chi connectivity index (χ0v) is 9.01. The Morgan fingerprint density at radius 2 is 1.83 bits per heavy atom. The van der Waals surface area contributed by atoms with Gasteiger partial charge in [0.1, 0.15) is 0 Å². The minimum Gasteiger partial charge on any atom is -0.0622 e. The van der Waals surface area contributed by atoms with Crippen LogP contribution in [-0.4, -0.2) is 0 Å². The molecule has 0 bridgehead atoms. The Morgan fingerprint density at radius 1 is 1.25 bits per heavy atom. The van der Waals surface area contributed by atoms with Gasteiger partial charge in [-0.15, -0.1) is 0 Å². The monoisotopic (exact) mass is 224 g/mol. The lowest BCUT2D eigenvalue weighted by molar-refractivity contribution is 0.825. The number of halogens is 1. The Balaban J connectivity index is 2.81. The van der Waals surface area contributed by atoms with Crippen LogP contribution in [0.2, 0.25) is 0 Å². The van der Waals surface area contributed by atoms with E-state index in [0.717, 1.165) is 0 Å². The highest BCUT2D eigenvalue weighted by Gasteiger charge is 1.97. The lowest BCUT2D eigenvalue weighted by atomic mass is 10.1. The Bertz CT molecular complexity index is 260. The van der Waals surface area contributed by atoms with Gasteiger partial charge in [-0.25, -0.2) is 0 Å². The molecule has 0 aliphatic heterocycles. The first-order chi connectivity index (χ1) is 5.70. The summed E-state index contributed by atoms with van der Waals surface area (Å²) in [6, 6.07) is 10.3. The summed E-state index contributed by atoms with van der Waals surface area (Å²) in [5.74, 6) is 0.560. The average molecular weight is 225 g/mol. The Morgan fingerprint density at radius 3 is 2.33 bits per heavy atom. The lowest BCUT2D eigenvalue weighted by Gasteiger charge is -2.02. The van der Waals surface area contributed by atoms with E-state index in [2.05, 4.69) is 48.0 Å². The van der Waals surface area contributed by atoms with E-state index in [9.17, 15) is 0 Å². The molecule has 1 rings (SSSR count). The lowest BCUT2D eigenvalue weighted by Crippen LogP contribution is -1.84. The van der Waals surface area contributed by atoms with Gasteiger partial charge in [0.05, 0.1) is 0 Å². The summed E-state index contributed by atoms with van der Waals surface area (Å²) in [5, 5.41) is 0. The third kappa shape index (κ3) is 2.82. The molecule has 0 nitrogen and oxygen atoms in total. The molecule has 0 aromatic heterocycles. The van der Waals surface area contributed by atoms with Crippen LogP contribution in [0.5, 0.6) is 0 Å². The maximum atomic E-state index is 3.54. The van der Waals surface area contributed by atoms with Gasteiger partial charge in [0.2, 0.25) is 0 Å². The van der Waals surface area contributed by atoms with Crippen molar-refractivity contribution in [3.05, 3.63) is 40.4 Å². The molecule has 0 unspecified atom stereocenters. The fourth-order valence-electron chi connectivity index (χ4n) is 0.875. The Hall–Kier alpha value is -0.560. The Kier molecular flexibility index (Phi) is 3.54. The van der Waals surface area contributed by atoms with Crippen LogP contribution in [0.4, 0.5) is 0 Å². The summed E-state index contributed by atoms with van der Waals surface area (Å²) in [4.78, 5) is 0. The number of hydrogen-bond acceptors (Lipinski definition) is 0. The summed E-state index contributed by atoms with van der Waals surface area (Å²) >= 11 is 3.54. The van der Waals surface area contributed by atoms with Crippen molar-refractivity contribution >= 4 is 22.0 Å². The second kappa shape index (κ2) is 4.46. The van der Waals surface area contributed by atoms with Crippen molar-refractivity contribution in [2.45, 2.75) is 13.8 Å². The van der Waals surface area contributed by atoms with Gasteiger partial charge in [0.15, 0.2) is 0 Å². The quantitative estimate of drug-likeness (QED) is 0.711. The van der Waals surface area contributed by atoms with E-state index in [1.807, 2.05) is 18.2 Å². The highest BCUT2D eigenvalue weighted by molar-refractivity contribution is 9.11. The van der Waals surface area contributed by atoms with E-state index in [0.29, 0.717) is 5.92 Å². The number of allylic oxidation sites excluding steroid dienone is 1. The minimum absolute atomic E-state index is 0.560. The van der Waals surface area contributed by atoms with Crippen LogP contribution < -0.4 is 0 Å². The van der Waals surface area contributed by atoms with Crippen molar-refractivity contribution in [1.82, 2.24) is 0 Å². The van der Waals surface area contributed by atoms with Crippen LogP contribution in [-0.2, 0) is 0 Å². The molecule has 0 fully saturated rings. The summed E-state index contributed by atoms with van der Waals surface area (Å²) in [5.41, 5.74) is 1.25. The Labute approximate surface area is 82.4 Å². The first-order valence-electron chi connectivity index (χ1n) is 4.12. The molecule has 0 saturated heterocycles. The van der Waals surface area contributed by atoms with Crippen molar-refractivity contribution in [2.75, 3.05) is 0 Å². The first kappa shape index (κ1) is 9.53. The summed E-state index contributed by atoms with van der Waals surface area (Å²) in [6.07, 6.45) is 2.16. The van der Waals surface area contributed by atoms with Crippen LogP contribution in [0.25, 0.3) is 6.08 Å². The van der Waals surface area contributed by atoms with Crippen LogP contribution in [0, 0.1) is 5.92 Å². The molecule has 0 radical (unpaired) electrons.